The highest BCUT2D eigenvalue weighted by atomic mass is 19.1. The maximum Gasteiger partial charge on any atom is 0.170 e. The summed E-state index contributed by atoms with van der Waals surface area (Å²) in [6, 6.07) is 10.1. The highest BCUT2D eigenvalue weighted by Gasteiger charge is 2.28. The van der Waals surface area contributed by atoms with E-state index in [4.69, 9.17) is 4.74 Å². The fraction of sp³-hybridized carbons (Fsp3) is 0.235. The molecule has 0 amide bonds. The van der Waals surface area contributed by atoms with E-state index >= 15 is 0 Å². The highest BCUT2D eigenvalue weighted by Crippen LogP contribution is 2.36. The van der Waals surface area contributed by atoms with Crippen LogP contribution < -0.4 is 4.74 Å². The lowest BCUT2D eigenvalue weighted by Gasteiger charge is -2.26. The van der Waals surface area contributed by atoms with Crippen molar-refractivity contribution in [1.82, 2.24) is 0 Å². The molecule has 0 aliphatic carbocycles. The van der Waals surface area contributed by atoms with Crippen LogP contribution in [0, 0.1) is 19.7 Å². The van der Waals surface area contributed by atoms with Gasteiger partial charge in [0.05, 0.1) is 12.0 Å². The molecule has 3 rings (SSSR count). The molecule has 2 aromatic rings. The Morgan fingerprint density at radius 2 is 1.95 bits per heavy atom. The Balaban J connectivity index is 2.01. The number of Topliss-reactive ketones (excluding diaryl/α,β-unsaturated/α-hetero) is 1. The third-order valence-corrected chi connectivity index (χ3v) is 3.66. The van der Waals surface area contributed by atoms with Crippen LogP contribution in [0.25, 0.3) is 0 Å². The lowest BCUT2D eigenvalue weighted by molar-refractivity contribution is 0.0849. The van der Waals surface area contributed by atoms with E-state index in [1.807, 2.05) is 32.0 Å². The molecular weight excluding hydrogens is 255 g/mol. The molecule has 1 aliphatic heterocycles. The third-order valence-electron chi connectivity index (χ3n) is 3.66. The number of hydrogen-bond donors (Lipinski definition) is 0. The maximum atomic E-state index is 13.4. The van der Waals surface area contributed by atoms with Gasteiger partial charge in [-0.25, -0.2) is 4.39 Å². The molecule has 0 saturated carbocycles. The van der Waals surface area contributed by atoms with Crippen LogP contribution >= 0.6 is 0 Å². The van der Waals surface area contributed by atoms with Gasteiger partial charge in [-0.2, -0.15) is 0 Å². The van der Waals surface area contributed by atoms with E-state index in [-0.39, 0.29) is 18.0 Å². The number of benzene rings is 2. The monoisotopic (exact) mass is 270 g/mol. The average molecular weight is 270 g/mol. The largest absolute Gasteiger partial charge is 0.484 e. The van der Waals surface area contributed by atoms with Crippen molar-refractivity contribution >= 4 is 5.78 Å². The second-order valence-corrected chi connectivity index (χ2v) is 5.23. The number of carbonyl (C=O) groups excluding carboxylic acids is 1. The van der Waals surface area contributed by atoms with E-state index in [0.29, 0.717) is 11.3 Å². The van der Waals surface area contributed by atoms with E-state index in [9.17, 15) is 9.18 Å². The summed E-state index contributed by atoms with van der Waals surface area (Å²) in [6.07, 6.45) is -0.158. The second-order valence-electron chi connectivity index (χ2n) is 5.23. The van der Waals surface area contributed by atoms with Crippen LogP contribution in [-0.2, 0) is 0 Å². The number of ether oxygens (including phenoxy) is 1. The minimum atomic E-state index is -0.409. The van der Waals surface area contributed by atoms with Crippen molar-refractivity contribution in [2.24, 2.45) is 0 Å². The van der Waals surface area contributed by atoms with Gasteiger partial charge in [-0.15, -0.1) is 0 Å². The number of rotatable bonds is 1. The first-order valence-electron chi connectivity index (χ1n) is 6.61. The SMILES string of the molecule is Cc1ccc2c(c1)C(=O)CC(c1cc(F)ccc1C)O2. The van der Waals surface area contributed by atoms with Crippen molar-refractivity contribution in [3.63, 3.8) is 0 Å². The summed E-state index contributed by atoms with van der Waals surface area (Å²) in [7, 11) is 0. The van der Waals surface area contributed by atoms with Crippen molar-refractivity contribution in [3.05, 3.63) is 64.5 Å². The molecule has 1 heterocycles. The summed E-state index contributed by atoms with van der Waals surface area (Å²) in [5.74, 6) is 0.320. The maximum absolute atomic E-state index is 13.4. The quantitative estimate of drug-likeness (QED) is 0.778. The van der Waals surface area contributed by atoms with Gasteiger partial charge in [0.15, 0.2) is 5.78 Å². The van der Waals surface area contributed by atoms with Crippen molar-refractivity contribution in [2.45, 2.75) is 26.4 Å². The number of fused-ring (bicyclic) bond motifs is 1. The highest BCUT2D eigenvalue weighted by molar-refractivity contribution is 6.00. The first-order valence-corrected chi connectivity index (χ1v) is 6.61. The molecule has 20 heavy (non-hydrogen) atoms. The molecule has 2 aromatic carbocycles. The molecule has 1 unspecified atom stereocenters. The van der Waals surface area contributed by atoms with E-state index in [1.165, 1.54) is 12.1 Å². The average Bonchev–Trinajstić information content (AvgIpc) is 2.42. The Kier molecular flexibility index (Phi) is 3.05. The molecule has 0 bridgehead atoms. The van der Waals surface area contributed by atoms with Crippen LogP contribution in [0.5, 0.6) is 5.75 Å². The number of hydrogen-bond acceptors (Lipinski definition) is 2. The summed E-state index contributed by atoms with van der Waals surface area (Å²) in [4.78, 5) is 12.2. The van der Waals surface area contributed by atoms with Gasteiger partial charge < -0.3 is 4.74 Å². The van der Waals surface area contributed by atoms with Crippen molar-refractivity contribution in [3.8, 4) is 5.75 Å². The Hall–Kier alpha value is -2.16. The van der Waals surface area contributed by atoms with Crippen LogP contribution in [0.15, 0.2) is 36.4 Å². The van der Waals surface area contributed by atoms with Gasteiger partial charge in [0, 0.05) is 0 Å². The molecule has 2 nitrogen and oxygen atoms in total. The zero-order chi connectivity index (χ0) is 14.3. The normalized spacial score (nSPS) is 17.6. The first-order chi connectivity index (χ1) is 9.54. The number of aryl methyl sites for hydroxylation is 2. The summed E-state index contributed by atoms with van der Waals surface area (Å²) in [6.45, 7) is 3.84. The van der Waals surface area contributed by atoms with Crippen LogP contribution in [-0.4, -0.2) is 5.78 Å². The van der Waals surface area contributed by atoms with Crippen LogP contribution in [0.4, 0.5) is 4.39 Å². The molecule has 3 heteroatoms. The minimum absolute atomic E-state index is 0.0450. The number of ketones is 1. The predicted molar refractivity (Wildman–Crippen MR) is 74.6 cm³/mol. The van der Waals surface area contributed by atoms with Gasteiger partial charge in [-0.3, -0.25) is 4.79 Å². The Labute approximate surface area is 117 Å². The summed E-state index contributed by atoms with van der Waals surface area (Å²) >= 11 is 0. The van der Waals surface area contributed by atoms with Gasteiger partial charge in [-0.05, 0) is 49.2 Å². The lowest BCUT2D eigenvalue weighted by Crippen LogP contribution is -2.21. The lowest BCUT2D eigenvalue weighted by atomic mass is 9.93. The Morgan fingerprint density at radius 1 is 1.15 bits per heavy atom. The molecule has 0 fully saturated rings. The zero-order valence-corrected chi connectivity index (χ0v) is 11.4. The van der Waals surface area contributed by atoms with Gasteiger partial charge in [0.2, 0.25) is 0 Å². The van der Waals surface area contributed by atoms with Gasteiger partial charge in [0.1, 0.15) is 17.7 Å². The molecule has 0 N–H and O–H groups in total. The van der Waals surface area contributed by atoms with Crippen molar-refractivity contribution < 1.29 is 13.9 Å². The van der Waals surface area contributed by atoms with E-state index in [2.05, 4.69) is 0 Å². The summed E-state index contributed by atoms with van der Waals surface area (Å²) in [5, 5.41) is 0. The fourth-order valence-electron chi connectivity index (χ4n) is 2.57. The molecule has 0 saturated heterocycles. The molecular formula is C17H15FO2. The van der Waals surface area contributed by atoms with Crippen LogP contribution in [0.1, 0.15) is 39.6 Å². The minimum Gasteiger partial charge on any atom is -0.484 e. The standard InChI is InChI=1S/C17H15FO2/c1-10-3-6-16-14(7-10)15(19)9-17(20-16)13-8-12(18)5-4-11(13)2/h3-8,17H,9H2,1-2H3. The molecule has 1 atom stereocenters. The summed E-state index contributed by atoms with van der Waals surface area (Å²) in [5.41, 5.74) is 3.32. The van der Waals surface area contributed by atoms with Crippen molar-refractivity contribution in [2.75, 3.05) is 0 Å². The van der Waals surface area contributed by atoms with Crippen molar-refractivity contribution in [1.29, 1.82) is 0 Å². The molecule has 0 radical (unpaired) electrons. The number of carbonyl (C=O) groups is 1. The predicted octanol–water partition coefficient (Wildman–Crippen LogP) is 4.15. The van der Waals surface area contributed by atoms with E-state index in [1.54, 1.807) is 6.07 Å². The van der Waals surface area contributed by atoms with E-state index in [0.717, 1.165) is 16.7 Å². The number of halogens is 1. The van der Waals surface area contributed by atoms with E-state index < -0.39 is 6.10 Å². The Bertz CT molecular complexity index is 691. The van der Waals surface area contributed by atoms with Gasteiger partial charge >= 0.3 is 0 Å². The van der Waals surface area contributed by atoms with Crippen LogP contribution in [0.3, 0.4) is 0 Å². The second kappa shape index (κ2) is 4.75. The van der Waals surface area contributed by atoms with Gasteiger partial charge in [-0.1, -0.05) is 17.7 Å². The smallest absolute Gasteiger partial charge is 0.170 e. The zero-order valence-electron chi connectivity index (χ0n) is 11.4. The molecule has 0 aromatic heterocycles. The fourth-order valence-corrected chi connectivity index (χ4v) is 2.57. The van der Waals surface area contributed by atoms with Crippen LogP contribution in [0.2, 0.25) is 0 Å². The summed E-state index contributed by atoms with van der Waals surface area (Å²) < 4.78 is 19.3. The molecule has 102 valence electrons. The third kappa shape index (κ3) is 2.20. The molecule has 1 aliphatic rings. The molecule has 0 spiro atoms. The Morgan fingerprint density at radius 3 is 2.75 bits per heavy atom. The van der Waals surface area contributed by atoms with Gasteiger partial charge in [0.25, 0.3) is 0 Å². The first kappa shape index (κ1) is 12.9. The topological polar surface area (TPSA) is 26.3 Å².